The second-order valence-corrected chi connectivity index (χ2v) is 6.30. The third-order valence-electron chi connectivity index (χ3n) is 4.85. The van der Waals surface area contributed by atoms with Crippen molar-refractivity contribution in [1.29, 1.82) is 0 Å². The third-order valence-corrected chi connectivity index (χ3v) is 4.85. The number of likely N-dealkylation sites (N-methyl/N-ethyl adjacent to an activating group) is 1. The van der Waals surface area contributed by atoms with Crippen LogP contribution in [0.4, 0.5) is 5.69 Å². The second kappa shape index (κ2) is 7.05. The largest absolute Gasteiger partial charge is 0.478 e. The van der Waals surface area contributed by atoms with Crippen LogP contribution in [0.15, 0.2) is 42.5 Å². The molecule has 0 spiro atoms. The van der Waals surface area contributed by atoms with Crippen molar-refractivity contribution in [2.24, 2.45) is 0 Å². The summed E-state index contributed by atoms with van der Waals surface area (Å²) in [6.45, 7) is 9.67. The van der Waals surface area contributed by atoms with Crippen LogP contribution in [0.5, 0.6) is 0 Å². The number of carboxylic acids is 1. The number of benzene rings is 2. The van der Waals surface area contributed by atoms with E-state index in [1.54, 1.807) is 12.1 Å². The van der Waals surface area contributed by atoms with Crippen LogP contribution < -0.4 is 4.90 Å². The van der Waals surface area contributed by atoms with E-state index in [9.17, 15) is 9.90 Å². The van der Waals surface area contributed by atoms with E-state index in [1.165, 1.54) is 5.69 Å². The highest BCUT2D eigenvalue weighted by Gasteiger charge is 2.16. The van der Waals surface area contributed by atoms with Crippen molar-refractivity contribution in [1.82, 2.24) is 4.90 Å². The van der Waals surface area contributed by atoms with Crippen LogP contribution in [0.25, 0.3) is 11.1 Å². The van der Waals surface area contributed by atoms with Crippen LogP contribution in [0, 0.1) is 6.92 Å². The summed E-state index contributed by atoms with van der Waals surface area (Å²) in [6.07, 6.45) is 0. The lowest BCUT2D eigenvalue weighted by Crippen LogP contribution is -2.46. The fraction of sp³-hybridized carbons (Fsp3) is 0.350. The molecule has 2 aromatic rings. The number of hydrogen-bond donors (Lipinski definition) is 1. The lowest BCUT2D eigenvalue weighted by atomic mass is 9.98. The summed E-state index contributed by atoms with van der Waals surface area (Å²) in [7, 11) is 0. The van der Waals surface area contributed by atoms with Crippen molar-refractivity contribution < 1.29 is 9.90 Å². The van der Waals surface area contributed by atoms with Gasteiger partial charge in [0.05, 0.1) is 5.56 Å². The topological polar surface area (TPSA) is 43.8 Å². The van der Waals surface area contributed by atoms with Crippen molar-refractivity contribution >= 4 is 11.7 Å². The minimum absolute atomic E-state index is 0.329. The zero-order valence-electron chi connectivity index (χ0n) is 14.3. The molecule has 1 heterocycles. The first-order chi connectivity index (χ1) is 11.6. The number of hydrogen-bond acceptors (Lipinski definition) is 3. The Morgan fingerprint density at radius 2 is 1.71 bits per heavy atom. The Labute approximate surface area is 143 Å². The Morgan fingerprint density at radius 3 is 2.29 bits per heavy atom. The highest BCUT2D eigenvalue weighted by molar-refractivity contribution is 5.90. The van der Waals surface area contributed by atoms with E-state index in [2.05, 4.69) is 41.0 Å². The van der Waals surface area contributed by atoms with E-state index < -0.39 is 5.97 Å². The lowest BCUT2D eigenvalue weighted by Gasteiger charge is -2.35. The van der Waals surface area contributed by atoms with Gasteiger partial charge in [0.25, 0.3) is 0 Å². The van der Waals surface area contributed by atoms with Gasteiger partial charge in [-0.05, 0) is 54.4 Å². The predicted octanol–water partition coefficient (Wildman–Crippen LogP) is 3.50. The van der Waals surface area contributed by atoms with Gasteiger partial charge < -0.3 is 14.9 Å². The summed E-state index contributed by atoms with van der Waals surface area (Å²) < 4.78 is 0. The first kappa shape index (κ1) is 16.5. The minimum atomic E-state index is -0.887. The van der Waals surface area contributed by atoms with Crippen LogP contribution in [0.1, 0.15) is 22.8 Å². The Morgan fingerprint density at radius 1 is 1.04 bits per heavy atom. The number of carboxylic acid groups (broad SMARTS) is 1. The molecule has 0 saturated carbocycles. The molecule has 1 N–H and O–H groups in total. The quantitative estimate of drug-likeness (QED) is 0.935. The minimum Gasteiger partial charge on any atom is -0.478 e. The van der Waals surface area contributed by atoms with Gasteiger partial charge in [-0.25, -0.2) is 4.79 Å². The Hall–Kier alpha value is -2.33. The van der Waals surface area contributed by atoms with Gasteiger partial charge in [-0.2, -0.15) is 0 Å². The second-order valence-electron chi connectivity index (χ2n) is 6.30. The summed E-state index contributed by atoms with van der Waals surface area (Å²) in [5, 5.41) is 9.19. The van der Waals surface area contributed by atoms with E-state index in [0.29, 0.717) is 5.56 Å². The maximum atomic E-state index is 11.2. The fourth-order valence-corrected chi connectivity index (χ4v) is 3.24. The Balaban J connectivity index is 1.80. The van der Waals surface area contributed by atoms with Gasteiger partial charge in [0.2, 0.25) is 0 Å². The normalized spacial score (nSPS) is 15.5. The molecular weight excluding hydrogens is 300 g/mol. The van der Waals surface area contributed by atoms with Crippen LogP contribution >= 0.6 is 0 Å². The molecule has 0 bridgehead atoms. The van der Waals surface area contributed by atoms with Gasteiger partial charge in [-0.1, -0.05) is 25.1 Å². The monoisotopic (exact) mass is 324 g/mol. The SMILES string of the molecule is CCN1CCN(c2ccc(-c3cc(C(=O)O)ccc3C)cc2)CC1. The van der Waals surface area contributed by atoms with Crippen molar-refractivity contribution in [2.75, 3.05) is 37.6 Å². The zero-order valence-corrected chi connectivity index (χ0v) is 14.3. The van der Waals surface area contributed by atoms with Crippen LogP contribution in [0.2, 0.25) is 0 Å². The smallest absolute Gasteiger partial charge is 0.335 e. The van der Waals surface area contributed by atoms with Gasteiger partial charge in [-0.15, -0.1) is 0 Å². The number of nitrogens with zero attached hydrogens (tertiary/aromatic N) is 2. The molecule has 4 heteroatoms. The zero-order chi connectivity index (χ0) is 17.1. The number of piperazine rings is 1. The van der Waals surface area contributed by atoms with Gasteiger partial charge in [0.1, 0.15) is 0 Å². The van der Waals surface area contributed by atoms with E-state index in [4.69, 9.17) is 0 Å². The Kier molecular flexibility index (Phi) is 4.86. The average Bonchev–Trinajstić information content (AvgIpc) is 2.62. The molecule has 0 amide bonds. The van der Waals surface area contributed by atoms with E-state index in [1.807, 2.05) is 13.0 Å². The summed E-state index contributed by atoms with van der Waals surface area (Å²) in [5.74, 6) is -0.887. The molecule has 0 atom stereocenters. The lowest BCUT2D eigenvalue weighted by molar-refractivity contribution is 0.0697. The molecule has 0 aromatic heterocycles. The molecule has 1 fully saturated rings. The maximum absolute atomic E-state index is 11.2. The number of rotatable bonds is 4. The summed E-state index contributed by atoms with van der Waals surface area (Å²) >= 11 is 0. The number of carbonyl (C=O) groups is 1. The molecule has 4 nitrogen and oxygen atoms in total. The van der Waals surface area contributed by atoms with Gasteiger partial charge in [-0.3, -0.25) is 0 Å². The first-order valence-electron chi connectivity index (χ1n) is 8.50. The van der Waals surface area contributed by atoms with Crippen molar-refractivity contribution in [3.8, 4) is 11.1 Å². The molecular formula is C20H24N2O2. The summed E-state index contributed by atoms with van der Waals surface area (Å²) in [4.78, 5) is 16.1. The summed E-state index contributed by atoms with van der Waals surface area (Å²) in [5.41, 5.74) is 4.70. The van der Waals surface area contributed by atoms with Crippen LogP contribution in [-0.4, -0.2) is 48.7 Å². The predicted molar refractivity (Wildman–Crippen MR) is 97.9 cm³/mol. The molecule has 0 unspecified atom stereocenters. The molecule has 1 aliphatic rings. The van der Waals surface area contributed by atoms with Crippen LogP contribution in [0.3, 0.4) is 0 Å². The molecule has 0 radical (unpaired) electrons. The van der Waals surface area contributed by atoms with Gasteiger partial charge in [0, 0.05) is 31.9 Å². The average molecular weight is 324 g/mol. The van der Waals surface area contributed by atoms with E-state index in [-0.39, 0.29) is 0 Å². The van der Waals surface area contributed by atoms with Gasteiger partial charge >= 0.3 is 5.97 Å². The van der Waals surface area contributed by atoms with Crippen molar-refractivity contribution in [2.45, 2.75) is 13.8 Å². The highest BCUT2D eigenvalue weighted by Crippen LogP contribution is 2.27. The molecule has 1 saturated heterocycles. The molecule has 126 valence electrons. The maximum Gasteiger partial charge on any atom is 0.335 e. The molecule has 3 rings (SSSR count). The summed E-state index contributed by atoms with van der Waals surface area (Å²) in [6, 6.07) is 13.8. The number of aromatic carboxylic acids is 1. The van der Waals surface area contributed by atoms with Crippen molar-refractivity contribution in [3.05, 3.63) is 53.6 Å². The molecule has 2 aromatic carbocycles. The number of anilines is 1. The third kappa shape index (κ3) is 3.44. The molecule has 0 aliphatic carbocycles. The Bertz CT molecular complexity index is 717. The fourth-order valence-electron chi connectivity index (χ4n) is 3.24. The van der Waals surface area contributed by atoms with Crippen LogP contribution in [-0.2, 0) is 0 Å². The van der Waals surface area contributed by atoms with Gasteiger partial charge in [0.15, 0.2) is 0 Å². The highest BCUT2D eigenvalue weighted by atomic mass is 16.4. The first-order valence-corrected chi connectivity index (χ1v) is 8.50. The molecule has 1 aliphatic heterocycles. The van der Waals surface area contributed by atoms with E-state index in [0.717, 1.165) is 49.4 Å². The van der Waals surface area contributed by atoms with Crippen molar-refractivity contribution in [3.63, 3.8) is 0 Å². The van der Waals surface area contributed by atoms with E-state index >= 15 is 0 Å². The molecule has 24 heavy (non-hydrogen) atoms. The standard InChI is InChI=1S/C20H24N2O2/c1-3-21-10-12-22(13-11-21)18-8-6-16(7-9-18)19-14-17(20(23)24)5-4-15(19)2/h4-9,14H,3,10-13H2,1-2H3,(H,23,24). The number of aryl methyl sites for hydroxylation is 1.